The minimum Gasteiger partial charge on any atom is -0.381 e. The van der Waals surface area contributed by atoms with Crippen LogP contribution in [0.4, 0.5) is 5.69 Å². The van der Waals surface area contributed by atoms with E-state index in [1.165, 1.54) is 30.4 Å². The number of hydrogen-bond acceptors (Lipinski definition) is 4. The first kappa shape index (κ1) is 15.9. The minimum atomic E-state index is -0.0542. The topological polar surface area (TPSA) is 46.9 Å². The Bertz CT molecular complexity index is 512. The van der Waals surface area contributed by atoms with Crippen LogP contribution in [0.25, 0.3) is 0 Å². The highest BCUT2D eigenvalue weighted by Gasteiger charge is 2.32. The first-order valence-corrected chi connectivity index (χ1v) is 9.18. The average Bonchev–Trinajstić information content (AvgIpc) is 2.93. The van der Waals surface area contributed by atoms with Crippen molar-refractivity contribution in [1.29, 1.82) is 0 Å². The molecule has 0 atom stereocenters. The van der Waals surface area contributed by atoms with Gasteiger partial charge in [0.15, 0.2) is 0 Å². The smallest absolute Gasteiger partial charge is 0.283 e. The number of anilines is 1. The Balaban J connectivity index is 2.10. The third-order valence-electron chi connectivity index (χ3n) is 3.97. The molecule has 0 bridgehead atoms. The summed E-state index contributed by atoms with van der Waals surface area (Å²) in [6.07, 6.45) is 9.95. The van der Waals surface area contributed by atoms with E-state index in [1.807, 2.05) is 18.7 Å². The van der Waals surface area contributed by atoms with Crippen LogP contribution < -0.4 is 10.9 Å². The van der Waals surface area contributed by atoms with Gasteiger partial charge in [0.1, 0.15) is 4.47 Å². The van der Waals surface area contributed by atoms with Crippen LogP contribution >= 0.6 is 27.7 Å². The number of hydrogen-bond donors (Lipinski definition) is 1. The molecule has 1 aliphatic carbocycles. The van der Waals surface area contributed by atoms with Gasteiger partial charge >= 0.3 is 0 Å². The van der Waals surface area contributed by atoms with E-state index in [9.17, 15) is 4.79 Å². The van der Waals surface area contributed by atoms with E-state index in [4.69, 9.17) is 0 Å². The molecule has 1 heterocycles. The van der Waals surface area contributed by atoms with Crippen molar-refractivity contribution in [1.82, 2.24) is 9.78 Å². The van der Waals surface area contributed by atoms with Gasteiger partial charge in [-0.15, -0.1) is 0 Å². The zero-order valence-electron chi connectivity index (χ0n) is 12.1. The standard InChI is InChI=1S/C14H22BrN3OS/c1-3-8-18-13(19)12(15)11(9-17-18)16-10-14(20-2)6-4-5-7-14/h9,16H,3-8,10H2,1-2H3. The third kappa shape index (κ3) is 3.39. The van der Waals surface area contributed by atoms with Crippen molar-refractivity contribution in [2.45, 2.75) is 50.3 Å². The summed E-state index contributed by atoms with van der Waals surface area (Å²) in [4.78, 5) is 12.1. The number of thioether (sulfide) groups is 1. The molecule has 6 heteroatoms. The van der Waals surface area contributed by atoms with Crippen molar-refractivity contribution in [3.05, 3.63) is 21.0 Å². The van der Waals surface area contributed by atoms with Crippen molar-refractivity contribution < 1.29 is 0 Å². The number of aromatic nitrogens is 2. The summed E-state index contributed by atoms with van der Waals surface area (Å²) in [5, 5.41) is 7.64. The summed E-state index contributed by atoms with van der Waals surface area (Å²) in [5.41, 5.74) is 0.754. The second kappa shape index (κ2) is 6.98. The summed E-state index contributed by atoms with van der Waals surface area (Å²) >= 11 is 5.35. The lowest BCUT2D eigenvalue weighted by molar-refractivity contribution is 0.565. The van der Waals surface area contributed by atoms with Crippen LogP contribution in [-0.4, -0.2) is 27.3 Å². The number of aryl methyl sites for hydroxylation is 1. The molecule has 0 amide bonds. The van der Waals surface area contributed by atoms with Crippen molar-refractivity contribution in [3.63, 3.8) is 0 Å². The average molecular weight is 360 g/mol. The molecule has 0 unspecified atom stereocenters. The van der Waals surface area contributed by atoms with Gasteiger partial charge in [-0.2, -0.15) is 16.9 Å². The lowest BCUT2D eigenvalue weighted by Crippen LogP contribution is -2.31. The van der Waals surface area contributed by atoms with Crippen LogP contribution in [0.2, 0.25) is 0 Å². The molecule has 112 valence electrons. The van der Waals surface area contributed by atoms with E-state index in [0.29, 0.717) is 15.8 Å². The molecule has 20 heavy (non-hydrogen) atoms. The Labute approximate surface area is 132 Å². The van der Waals surface area contributed by atoms with Crippen molar-refractivity contribution >= 4 is 33.4 Å². The van der Waals surface area contributed by atoms with E-state index in [1.54, 1.807) is 6.20 Å². The number of halogens is 1. The molecular weight excluding hydrogens is 338 g/mol. The van der Waals surface area contributed by atoms with Crippen LogP contribution in [0.15, 0.2) is 15.5 Å². The van der Waals surface area contributed by atoms with E-state index in [2.05, 4.69) is 32.6 Å². The number of rotatable bonds is 6. The summed E-state index contributed by atoms with van der Waals surface area (Å²) < 4.78 is 2.42. The van der Waals surface area contributed by atoms with E-state index >= 15 is 0 Å². The first-order chi connectivity index (χ1) is 9.62. The SMILES string of the molecule is CCCn1ncc(NCC2(SC)CCCC2)c(Br)c1=O. The van der Waals surface area contributed by atoms with Crippen LogP contribution in [0.5, 0.6) is 0 Å². The maximum atomic E-state index is 12.1. The Morgan fingerprint density at radius 1 is 1.50 bits per heavy atom. The van der Waals surface area contributed by atoms with Gasteiger partial charge in [0.05, 0.1) is 11.9 Å². The molecule has 0 saturated heterocycles. The maximum Gasteiger partial charge on any atom is 0.283 e. The normalized spacial score (nSPS) is 17.4. The van der Waals surface area contributed by atoms with Crippen LogP contribution in [0, 0.1) is 0 Å². The van der Waals surface area contributed by atoms with E-state index < -0.39 is 0 Å². The molecule has 0 spiro atoms. The summed E-state index contributed by atoms with van der Waals surface area (Å²) in [5.74, 6) is 0. The van der Waals surface area contributed by atoms with Crippen molar-refractivity contribution in [3.8, 4) is 0 Å². The van der Waals surface area contributed by atoms with Crippen LogP contribution in [0.1, 0.15) is 39.0 Å². The third-order valence-corrected chi connectivity index (χ3v) is 6.15. The van der Waals surface area contributed by atoms with Gasteiger partial charge in [-0.25, -0.2) is 4.68 Å². The second-order valence-electron chi connectivity index (χ2n) is 5.35. The zero-order valence-corrected chi connectivity index (χ0v) is 14.5. The molecule has 0 radical (unpaired) electrons. The molecule has 1 N–H and O–H groups in total. The summed E-state index contributed by atoms with van der Waals surface area (Å²) in [6, 6.07) is 0. The number of nitrogens with one attached hydrogen (secondary N) is 1. The van der Waals surface area contributed by atoms with Gasteiger partial charge in [-0.05, 0) is 41.4 Å². The molecule has 0 aromatic carbocycles. The fourth-order valence-corrected chi connectivity index (χ4v) is 4.05. The van der Waals surface area contributed by atoms with E-state index in [0.717, 1.165) is 18.7 Å². The molecular formula is C14H22BrN3OS. The molecule has 2 rings (SSSR count). The first-order valence-electron chi connectivity index (χ1n) is 7.16. The molecule has 1 aliphatic rings. The Morgan fingerprint density at radius 2 is 2.20 bits per heavy atom. The van der Waals surface area contributed by atoms with Crippen molar-refractivity contribution in [2.75, 3.05) is 18.1 Å². The van der Waals surface area contributed by atoms with Crippen LogP contribution in [0.3, 0.4) is 0 Å². The molecule has 1 fully saturated rings. The predicted molar refractivity (Wildman–Crippen MR) is 89.7 cm³/mol. The Hall–Kier alpha value is -0.490. The minimum absolute atomic E-state index is 0.0542. The largest absolute Gasteiger partial charge is 0.381 e. The lowest BCUT2D eigenvalue weighted by Gasteiger charge is -2.27. The van der Waals surface area contributed by atoms with Gasteiger partial charge in [0.25, 0.3) is 5.56 Å². The number of nitrogens with zero attached hydrogens (tertiary/aromatic N) is 2. The molecule has 1 saturated carbocycles. The second-order valence-corrected chi connectivity index (χ2v) is 7.42. The van der Waals surface area contributed by atoms with Gasteiger partial charge in [0, 0.05) is 17.8 Å². The predicted octanol–water partition coefficient (Wildman–Crippen LogP) is 3.50. The highest BCUT2D eigenvalue weighted by Crippen LogP contribution is 2.40. The van der Waals surface area contributed by atoms with Crippen molar-refractivity contribution in [2.24, 2.45) is 0 Å². The molecule has 1 aromatic rings. The van der Waals surface area contributed by atoms with Crippen LogP contribution in [-0.2, 0) is 6.54 Å². The summed E-state index contributed by atoms with van der Waals surface area (Å²) in [6.45, 7) is 3.59. The Kier molecular flexibility index (Phi) is 5.55. The Morgan fingerprint density at radius 3 is 2.80 bits per heavy atom. The fourth-order valence-electron chi connectivity index (χ4n) is 2.69. The molecule has 4 nitrogen and oxygen atoms in total. The van der Waals surface area contributed by atoms with Gasteiger partial charge in [0.2, 0.25) is 0 Å². The van der Waals surface area contributed by atoms with Gasteiger partial charge in [-0.3, -0.25) is 4.79 Å². The van der Waals surface area contributed by atoms with Gasteiger partial charge in [-0.1, -0.05) is 19.8 Å². The fraction of sp³-hybridized carbons (Fsp3) is 0.714. The molecule has 1 aromatic heterocycles. The maximum absolute atomic E-state index is 12.1. The monoisotopic (exact) mass is 359 g/mol. The highest BCUT2D eigenvalue weighted by atomic mass is 79.9. The zero-order chi connectivity index (χ0) is 14.6. The lowest BCUT2D eigenvalue weighted by atomic mass is 10.1. The van der Waals surface area contributed by atoms with Gasteiger partial charge < -0.3 is 5.32 Å². The highest BCUT2D eigenvalue weighted by molar-refractivity contribution is 9.10. The summed E-state index contributed by atoms with van der Waals surface area (Å²) in [7, 11) is 0. The van der Waals surface area contributed by atoms with E-state index in [-0.39, 0.29) is 5.56 Å². The quantitative estimate of drug-likeness (QED) is 0.844. The molecule has 0 aliphatic heterocycles.